The summed E-state index contributed by atoms with van der Waals surface area (Å²) in [5.74, 6) is -0.260. The van der Waals surface area contributed by atoms with E-state index in [9.17, 15) is 9.90 Å². The fourth-order valence-electron chi connectivity index (χ4n) is 5.71. The highest BCUT2D eigenvalue weighted by molar-refractivity contribution is 5.95. The number of carbonyl (C=O) groups excluding carboxylic acids is 1. The Bertz CT molecular complexity index is 1080. The van der Waals surface area contributed by atoms with Gasteiger partial charge in [0, 0.05) is 30.7 Å². The van der Waals surface area contributed by atoms with Crippen molar-refractivity contribution in [2.24, 2.45) is 0 Å². The number of hydrogen-bond acceptors (Lipinski definition) is 3. The van der Waals surface area contributed by atoms with Crippen LogP contribution in [0.1, 0.15) is 36.9 Å². The molecule has 2 aromatic rings. The van der Waals surface area contributed by atoms with E-state index in [2.05, 4.69) is 54.5 Å². The van der Waals surface area contributed by atoms with Gasteiger partial charge in [0.15, 0.2) is 5.60 Å². The standard InChI is InChI=1S/C26H28N2O2/c1-4-21-22(5-2)28(25(29)26(21,3)30)19-12-14-27(15-13-19)23-16-18-10-6-8-17-9-7-11-20(23)24(17)18/h4-11,19,23,30H,1-2,12-16H2,3H3. The Morgan fingerprint density at radius 1 is 1.10 bits per heavy atom. The van der Waals surface area contributed by atoms with Gasteiger partial charge in [-0.15, -0.1) is 0 Å². The molecule has 0 bridgehead atoms. The van der Waals surface area contributed by atoms with Crippen molar-refractivity contribution in [2.75, 3.05) is 13.1 Å². The first kappa shape index (κ1) is 19.3. The van der Waals surface area contributed by atoms with Gasteiger partial charge in [-0.1, -0.05) is 55.6 Å². The van der Waals surface area contributed by atoms with Crippen LogP contribution in [0.15, 0.2) is 73.0 Å². The molecule has 3 aliphatic rings. The van der Waals surface area contributed by atoms with Gasteiger partial charge in [0.1, 0.15) is 0 Å². The zero-order chi connectivity index (χ0) is 21.0. The van der Waals surface area contributed by atoms with Crippen molar-refractivity contribution in [2.45, 2.75) is 43.9 Å². The van der Waals surface area contributed by atoms with E-state index in [0.717, 1.165) is 32.4 Å². The molecule has 154 valence electrons. The summed E-state index contributed by atoms with van der Waals surface area (Å²) in [6.07, 6.45) is 6.08. The van der Waals surface area contributed by atoms with Gasteiger partial charge in [0.05, 0.1) is 5.70 Å². The fraction of sp³-hybridized carbons (Fsp3) is 0.346. The van der Waals surface area contributed by atoms with Gasteiger partial charge in [-0.2, -0.15) is 0 Å². The lowest BCUT2D eigenvalue weighted by molar-refractivity contribution is -0.143. The number of nitrogens with zero attached hydrogens (tertiary/aromatic N) is 2. The minimum Gasteiger partial charge on any atom is -0.375 e. The van der Waals surface area contributed by atoms with Crippen LogP contribution in [0.5, 0.6) is 0 Å². The third kappa shape index (κ3) is 2.64. The Balaban J connectivity index is 1.36. The lowest BCUT2D eigenvalue weighted by Gasteiger charge is -2.40. The lowest BCUT2D eigenvalue weighted by Crippen LogP contribution is -2.49. The number of benzene rings is 2. The van der Waals surface area contributed by atoms with Crippen LogP contribution in [0.3, 0.4) is 0 Å². The number of likely N-dealkylation sites (tertiary alicyclic amines) is 1. The second-order valence-electron chi connectivity index (χ2n) is 8.80. The van der Waals surface area contributed by atoms with E-state index < -0.39 is 5.60 Å². The second kappa shape index (κ2) is 6.93. The molecular weight excluding hydrogens is 372 g/mol. The van der Waals surface area contributed by atoms with E-state index in [1.807, 2.05) is 0 Å². The molecule has 5 rings (SSSR count). The molecule has 0 radical (unpaired) electrons. The quantitative estimate of drug-likeness (QED) is 0.840. The third-order valence-corrected chi connectivity index (χ3v) is 7.19. The molecule has 2 atom stereocenters. The first-order valence-electron chi connectivity index (χ1n) is 10.8. The largest absolute Gasteiger partial charge is 0.375 e. The Morgan fingerprint density at radius 2 is 1.80 bits per heavy atom. The highest BCUT2D eigenvalue weighted by Gasteiger charge is 2.49. The van der Waals surface area contributed by atoms with Crippen molar-refractivity contribution in [1.29, 1.82) is 0 Å². The molecule has 2 aliphatic heterocycles. The van der Waals surface area contributed by atoms with Gasteiger partial charge in [-0.3, -0.25) is 9.69 Å². The van der Waals surface area contributed by atoms with E-state index in [0.29, 0.717) is 17.3 Å². The average molecular weight is 401 g/mol. The molecule has 1 N–H and O–H groups in total. The molecule has 4 heteroatoms. The average Bonchev–Trinajstić information content (AvgIpc) is 3.22. The van der Waals surface area contributed by atoms with Gasteiger partial charge in [-0.05, 0) is 54.2 Å². The smallest absolute Gasteiger partial charge is 0.263 e. The molecule has 0 saturated carbocycles. The summed E-state index contributed by atoms with van der Waals surface area (Å²) in [6, 6.07) is 13.7. The second-order valence-corrected chi connectivity index (χ2v) is 8.80. The maximum atomic E-state index is 13.0. The number of rotatable bonds is 4. The molecule has 4 nitrogen and oxygen atoms in total. The van der Waals surface area contributed by atoms with Crippen molar-refractivity contribution in [1.82, 2.24) is 9.80 Å². The molecule has 1 fully saturated rings. The number of piperidine rings is 1. The Morgan fingerprint density at radius 3 is 2.47 bits per heavy atom. The molecule has 0 aromatic heterocycles. The Labute approximate surface area is 177 Å². The van der Waals surface area contributed by atoms with E-state index in [-0.39, 0.29) is 11.9 Å². The van der Waals surface area contributed by atoms with Gasteiger partial charge in [0.25, 0.3) is 5.91 Å². The SMILES string of the molecule is C=CC1=C(C=C)C(C)(O)C(=O)N1C1CCN(C2Cc3cccc4cccc2c34)CC1. The van der Waals surface area contributed by atoms with E-state index in [4.69, 9.17) is 0 Å². The Kier molecular flexibility index (Phi) is 4.46. The summed E-state index contributed by atoms with van der Waals surface area (Å²) in [5.41, 5.74) is 2.61. The van der Waals surface area contributed by atoms with Crippen LogP contribution in [0.2, 0.25) is 0 Å². The van der Waals surface area contributed by atoms with E-state index in [1.54, 1.807) is 24.0 Å². The van der Waals surface area contributed by atoms with Crippen molar-refractivity contribution in [3.8, 4) is 0 Å². The van der Waals surface area contributed by atoms with Crippen molar-refractivity contribution >= 4 is 16.7 Å². The van der Waals surface area contributed by atoms with E-state index >= 15 is 0 Å². The van der Waals surface area contributed by atoms with Crippen molar-refractivity contribution < 1.29 is 9.90 Å². The first-order chi connectivity index (χ1) is 14.5. The first-order valence-corrected chi connectivity index (χ1v) is 10.8. The summed E-state index contributed by atoms with van der Waals surface area (Å²) in [4.78, 5) is 17.3. The van der Waals surface area contributed by atoms with Crippen molar-refractivity contribution in [3.63, 3.8) is 0 Å². The van der Waals surface area contributed by atoms with Gasteiger partial charge in [-0.25, -0.2) is 0 Å². The number of amides is 1. The third-order valence-electron chi connectivity index (χ3n) is 7.19. The zero-order valence-corrected chi connectivity index (χ0v) is 17.5. The number of aliphatic hydroxyl groups is 1. The van der Waals surface area contributed by atoms with Gasteiger partial charge < -0.3 is 10.0 Å². The maximum Gasteiger partial charge on any atom is 0.263 e. The van der Waals surface area contributed by atoms with Crippen LogP contribution in [-0.4, -0.2) is 45.5 Å². The summed E-state index contributed by atoms with van der Waals surface area (Å²) >= 11 is 0. The summed E-state index contributed by atoms with van der Waals surface area (Å²) in [5, 5.41) is 13.5. The minimum atomic E-state index is -1.52. The van der Waals surface area contributed by atoms with Crippen LogP contribution in [0.25, 0.3) is 10.8 Å². The molecule has 2 aromatic carbocycles. The summed E-state index contributed by atoms with van der Waals surface area (Å²) in [7, 11) is 0. The van der Waals surface area contributed by atoms with Crippen molar-refractivity contribution in [3.05, 3.63) is 84.1 Å². The highest BCUT2D eigenvalue weighted by atomic mass is 16.3. The topological polar surface area (TPSA) is 43.8 Å². The normalized spacial score (nSPS) is 27.3. The number of carbonyl (C=O) groups is 1. The molecule has 1 aliphatic carbocycles. The fourth-order valence-corrected chi connectivity index (χ4v) is 5.71. The molecule has 2 unspecified atom stereocenters. The van der Waals surface area contributed by atoms with E-state index in [1.165, 1.54) is 21.9 Å². The van der Waals surface area contributed by atoms with Crippen LogP contribution >= 0.6 is 0 Å². The number of allylic oxidation sites excluding steroid dienone is 1. The van der Waals surface area contributed by atoms with Gasteiger partial charge >= 0.3 is 0 Å². The monoisotopic (exact) mass is 400 g/mol. The predicted molar refractivity (Wildman–Crippen MR) is 120 cm³/mol. The van der Waals surface area contributed by atoms with Crippen LogP contribution < -0.4 is 0 Å². The molecule has 1 amide bonds. The highest BCUT2D eigenvalue weighted by Crippen LogP contribution is 2.42. The summed E-state index contributed by atoms with van der Waals surface area (Å²) < 4.78 is 0. The lowest BCUT2D eigenvalue weighted by atomic mass is 9.97. The number of hydrogen-bond donors (Lipinski definition) is 1. The summed E-state index contributed by atoms with van der Waals surface area (Å²) in [6.45, 7) is 11.1. The predicted octanol–water partition coefficient (Wildman–Crippen LogP) is 4.12. The molecule has 1 saturated heterocycles. The molecular formula is C26H28N2O2. The van der Waals surface area contributed by atoms with Gasteiger partial charge in [0.2, 0.25) is 0 Å². The Hall–Kier alpha value is -2.69. The molecule has 30 heavy (non-hydrogen) atoms. The maximum absolute atomic E-state index is 13.0. The van der Waals surface area contributed by atoms with Crippen LogP contribution in [0.4, 0.5) is 0 Å². The zero-order valence-electron chi connectivity index (χ0n) is 17.5. The molecule has 2 heterocycles. The van der Waals surface area contributed by atoms with Crippen LogP contribution in [0, 0.1) is 0 Å². The van der Waals surface area contributed by atoms with Crippen LogP contribution in [-0.2, 0) is 11.2 Å². The minimum absolute atomic E-state index is 0.0743. The molecule has 0 spiro atoms.